The Morgan fingerprint density at radius 2 is 2.10 bits per heavy atom. The fourth-order valence-electron chi connectivity index (χ4n) is 3.93. The van der Waals surface area contributed by atoms with Crippen LogP contribution < -0.4 is 5.32 Å². The molecule has 1 aliphatic heterocycles. The fraction of sp³-hybridized carbons (Fsp3) is 0.938. The third-order valence-electron chi connectivity index (χ3n) is 4.38. The predicted octanol–water partition coefficient (Wildman–Crippen LogP) is 2.30. The minimum Gasteiger partial charge on any atom is -0.370 e. The zero-order valence-corrected chi connectivity index (χ0v) is 13.6. The quantitative estimate of drug-likeness (QED) is 0.861. The van der Waals surface area contributed by atoms with E-state index in [1.165, 1.54) is 0 Å². The maximum absolute atomic E-state index is 9.58. The van der Waals surface area contributed by atoms with Crippen LogP contribution >= 0.6 is 0 Å². The molecule has 0 amide bonds. The van der Waals surface area contributed by atoms with Gasteiger partial charge in [-0.1, -0.05) is 0 Å². The summed E-state index contributed by atoms with van der Waals surface area (Å²) in [4.78, 5) is 2.54. The van der Waals surface area contributed by atoms with Gasteiger partial charge in [0.25, 0.3) is 0 Å². The summed E-state index contributed by atoms with van der Waals surface area (Å²) < 4.78 is 5.98. The highest BCUT2D eigenvalue weighted by molar-refractivity contribution is 5.14. The molecular weight excluding hydrogens is 250 g/mol. The van der Waals surface area contributed by atoms with Crippen LogP contribution in [-0.2, 0) is 4.74 Å². The Kier molecular flexibility index (Phi) is 4.44. The van der Waals surface area contributed by atoms with Crippen LogP contribution in [0, 0.1) is 11.3 Å². The molecule has 0 radical (unpaired) electrons. The van der Waals surface area contributed by atoms with E-state index in [1.54, 1.807) is 0 Å². The van der Waals surface area contributed by atoms with Gasteiger partial charge in [0.05, 0.1) is 17.8 Å². The third-order valence-corrected chi connectivity index (χ3v) is 4.38. The van der Waals surface area contributed by atoms with Crippen molar-refractivity contribution in [2.75, 3.05) is 13.1 Å². The Labute approximate surface area is 123 Å². The van der Waals surface area contributed by atoms with Gasteiger partial charge in [0, 0.05) is 25.2 Å². The molecule has 1 saturated carbocycles. The van der Waals surface area contributed by atoms with Crippen LogP contribution in [0.3, 0.4) is 0 Å². The lowest BCUT2D eigenvalue weighted by atomic mass is 9.97. The number of hydrogen-bond acceptors (Lipinski definition) is 4. The van der Waals surface area contributed by atoms with Gasteiger partial charge in [-0.05, 0) is 53.9 Å². The van der Waals surface area contributed by atoms with E-state index in [2.05, 4.69) is 50.9 Å². The summed E-state index contributed by atoms with van der Waals surface area (Å²) in [6, 6.07) is 3.40. The van der Waals surface area contributed by atoms with E-state index in [0.29, 0.717) is 12.1 Å². The lowest BCUT2D eigenvalue weighted by Crippen LogP contribution is -2.55. The molecule has 1 saturated heterocycles. The van der Waals surface area contributed by atoms with Crippen LogP contribution in [-0.4, -0.2) is 47.3 Å². The largest absolute Gasteiger partial charge is 0.370 e. The van der Waals surface area contributed by atoms with Crippen molar-refractivity contribution in [3.63, 3.8) is 0 Å². The summed E-state index contributed by atoms with van der Waals surface area (Å²) in [5, 5.41) is 13.1. The van der Waals surface area contributed by atoms with E-state index in [-0.39, 0.29) is 17.2 Å². The van der Waals surface area contributed by atoms with Crippen molar-refractivity contribution in [3.8, 4) is 6.07 Å². The molecule has 0 aromatic rings. The summed E-state index contributed by atoms with van der Waals surface area (Å²) in [5.41, 5.74) is -0.411. The molecule has 3 unspecified atom stereocenters. The first-order valence-corrected chi connectivity index (χ1v) is 7.86. The van der Waals surface area contributed by atoms with E-state index in [0.717, 1.165) is 32.4 Å². The minimum absolute atomic E-state index is 0.0823. The van der Waals surface area contributed by atoms with E-state index < -0.39 is 0 Å². The Morgan fingerprint density at radius 1 is 1.40 bits per heavy atom. The topological polar surface area (TPSA) is 48.3 Å². The fourth-order valence-corrected chi connectivity index (χ4v) is 3.93. The van der Waals surface area contributed by atoms with Crippen LogP contribution in [0.5, 0.6) is 0 Å². The molecule has 0 aromatic heterocycles. The van der Waals surface area contributed by atoms with Crippen LogP contribution in [0.25, 0.3) is 0 Å². The summed E-state index contributed by atoms with van der Waals surface area (Å²) in [6.07, 6.45) is 3.27. The zero-order chi connectivity index (χ0) is 15.0. The molecule has 2 aliphatic rings. The monoisotopic (exact) mass is 279 g/mol. The number of hydrogen-bond donors (Lipinski definition) is 1. The Bertz CT molecular complexity index is 388. The first-order chi connectivity index (χ1) is 9.25. The summed E-state index contributed by atoms with van der Waals surface area (Å²) in [6.45, 7) is 12.6. The molecule has 114 valence electrons. The summed E-state index contributed by atoms with van der Waals surface area (Å²) in [5.74, 6) is 0. The Hall–Kier alpha value is -0.630. The smallest absolute Gasteiger partial charge is 0.108 e. The standard InChI is InChI=1S/C16H29N3O/c1-12(2)18-16(10-17)7-6-14(8-16)19-9-13(3)20-15(4,5)11-19/h12-14,18H,6-9,11H2,1-5H3. The molecule has 2 fully saturated rings. The second kappa shape index (κ2) is 5.63. The van der Waals surface area contributed by atoms with Gasteiger partial charge < -0.3 is 4.74 Å². The molecule has 4 nitrogen and oxygen atoms in total. The number of nitrogens with one attached hydrogen (secondary N) is 1. The number of ether oxygens (including phenoxy) is 1. The van der Waals surface area contributed by atoms with Crippen LogP contribution in [0.2, 0.25) is 0 Å². The van der Waals surface area contributed by atoms with Gasteiger partial charge in [0.2, 0.25) is 0 Å². The van der Waals surface area contributed by atoms with E-state index in [9.17, 15) is 5.26 Å². The second-order valence-electron chi connectivity index (χ2n) is 7.51. The average molecular weight is 279 g/mol. The minimum atomic E-state index is -0.329. The molecule has 4 heteroatoms. The van der Waals surface area contributed by atoms with Gasteiger partial charge in [-0.2, -0.15) is 5.26 Å². The van der Waals surface area contributed by atoms with Crippen molar-refractivity contribution in [1.29, 1.82) is 5.26 Å². The number of nitrogens with zero attached hydrogens (tertiary/aromatic N) is 2. The van der Waals surface area contributed by atoms with Gasteiger partial charge in [-0.15, -0.1) is 0 Å². The van der Waals surface area contributed by atoms with Crippen molar-refractivity contribution in [2.24, 2.45) is 0 Å². The predicted molar refractivity (Wildman–Crippen MR) is 80.5 cm³/mol. The first-order valence-electron chi connectivity index (χ1n) is 7.86. The number of rotatable bonds is 3. The normalized spacial score (nSPS) is 38.0. The van der Waals surface area contributed by atoms with Crippen molar-refractivity contribution in [3.05, 3.63) is 0 Å². The number of nitriles is 1. The molecule has 0 spiro atoms. The van der Waals surface area contributed by atoms with Crippen molar-refractivity contribution in [1.82, 2.24) is 10.2 Å². The molecule has 3 atom stereocenters. The molecule has 0 bridgehead atoms. The maximum Gasteiger partial charge on any atom is 0.108 e. The van der Waals surface area contributed by atoms with E-state index >= 15 is 0 Å². The van der Waals surface area contributed by atoms with Gasteiger partial charge in [0.15, 0.2) is 0 Å². The van der Waals surface area contributed by atoms with Gasteiger partial charge in [-0.3, -0.25) is 10.2 Å². The van der Waals surface area contributed by atoms with Crippen LogP contribution in [0.1, 0.15) is 53.9 Å². The lowest BCUT2D eigenvalue weighted by molar-refractivity contribution is -0.137. The Morgan fingerprint density at radius 3 is 2.65 bits per heavy atom. The van der Waals surface area contributed by atoms with Crippen LogP contribution in [0.4, 0.5) is 0 Å². The van der Waals surface area contributed by atoms with Crippen molar-refractivity contribution >= 4 is 0 Å². The highest BCUT2D eigenvalue weighted by atomic mass is 16.5. The molecular formula is C16H29N3O. The maximum atomic E-state index is 9.58. The van der Waals surface area contributed by atoms with E-state index in [4.69, 9.17) is 4.74 Å². The molecule has 2 rings (SSSR count). The van der Waals surface area contributed by atoms with Crippen molar-refractivity contribution < 1.29 is 4.74 Å². The third kappa shape index (κ3) is 3.52. The molecule has 1 heterocycles. The van der Waals surface area contributed by atoms with Crippen molar-refractivity contribution in [2.45, 2.75) is 83.2 Å². The van der Waals surface area contributed by atoms with Crippen LogP contribution in [0.15, 0.2) is 0 Å². The molecule has 1 aliphatic carbocycles. The first kappa shape index (κ1) is 15.8. The average Bonchev–Trinajstić information content (AvgIpc) is 2.70. The summed E-state index contributed by atoms with van der Waals surface area (Å²) in [7, 11) is 0. The summed E-state index contributed by atoms with van der Waals surface area (Å²) >= 11 is 0. The molecule has 0 aromatic carbocycles. The molecule has 20 heavy (non-hydrogen) atoms. The van der Waals surface area contributed by atoms with Gasteiger partial charge in [0.1, 0.15) is 5.54 Å². The van der Waals surface area contributed by atoms with Gasteiger partial charge in [-0.25, -0.2) is 0 Å². The second-order valence-corrected chi connectivity index (χ2v) is 7.51. The SMILES string of the molecule is CC(C)NC1(C#N)CCC(N2CC(C)OC(C)(C)C2)C1. The molecule has 1 N–H and O–H groups in total. The zero-order valence-electron chi connectivity index (χ0n) is 13.6. The highest BCUT2D eigenvalue weighted by Crippen LogP contribution is 2.35. The van der Waals surface area contributed by atoms with E-state index in [1.807, 2.05) is 0 Å². The highest BCUT2D eigenvalue weighted by Gasteiger charge is 2.44. The number of morpholine rings is 1. The Balaban J connectivity index is 2.03. The van der Waals surface area contributed by atoms with Gasteiger partial charge >= 0.3 is 0 Å². The lowest BCUT2D eigenvalue weighted by Gasteiger charge is -2.44.